The van der Waals surface area contributed by atoms with Gasteiger partial charge in [0.2, 0.25) is 0 Å². The third-order valence-corrected chi connectivity index (χ3v) is 3.11. The first-order valence-electron chi connectivity index (χ1n) is 5.57. The summed E-state index contributed by atoms with van der Waals surface area (Å²) in [6.45, 7) is 1.35. The first-order valence-corrected chi connectivity index (χ1v) is 6.45. The lowest BCUT2D eigenvalue weighted by atomic mass is 10.4. The zero-order valence-corrected chi connectivity index (χ0v) is 10.6. The molecular formula is C12H13N5S. The summed E-state index contributed by atoms with van der Waals surface area (Å²) < 4.78 is 0. The number of rotatable bonds is 6. The van der Waals surface area contributed by atoms with Gasteiger partial charge < -0.3 is 10.6 Å². The molecule has 0 unspecified atom stereocenters. The number of nitriles is 1. The van der Waals surface area contributed by atoms with Gasteiger partial charge in [0.25, 0.3) is 0 Å². The van der Waals surface area contributed by atoms with E-state index in [0.717, 1.165) is 18.2 Å². The maximum atomic E-state index is 8.45. The number of thiophene rings is 1. The van der Waals surface area contributed by atoms with Gasteiger partial charge in [0.15, 0.2) is 0 Å². The molecule has 0 fully saturated rings. The summed E-state index contributed by atoms with van der Waals surface area (Å²) in [5.74, 6) is 1.51. The molecule has 0 bridgehead atoms. The Bertz CT molecular complexity index is 518. The fraction of sp³-hybridized carbons (Fsp3) is 0.250. The molecule has 0 radical (unpaired) electrons. The summed E-state index contributed by atoms with van der Waals surface area (Å²) in [4.78, 5) is 9.49. The van der Waals surface area contributed by atoms with E-state index in [1.54, 1.807) is 11.3 Å². The van der Waals surface area contributed by atoms with Crippen LogP contribution in [-0.2, 0) is 6.54 Å². The van der Waals surface area contributed by atoms with Crippen molar-refractivity contribution in [3.8, 4) is 6.07 Å². The Morgan fingerprint density at radius 1 is 1.28 bits per heavy atom. The van der Waals surface area contributed by atoms with Crippen LogP contribution < -0.4 is 10.6 Å². The first-order chi connectivity index (χ1) is 8.88. The molecule has 2 heterocycles. The van der Waals surface area contributed by atoms with Gasteiger partial charge in [-0.15, -0.1) is 11.3 Å². The molecule has 0 aliphatic rings. The Balaban J connectivity index is 1.88. The summed E-state index contributed by atoms with van der Waals surface area (Å²) in [6.07, 6.45) is 1.97. The third kappa shape index (κ3) is 3.71. The van der Waals surface area contributed by atoms with Gasteiger partial charge in [0.05, 0.1) is 19.0 Å². The van der Waals surface area contributed by atoms with Crippen molar-refractivity contribution in [2.75, 3.05) is 17.2 Å². The highest BCUT2D eigenvalue weighted by atomic mass is 32.1. The van der Waals surface area contributed by atoms with Crippen molar-refractivity contribution in [2.45, 2.75) is 13.0 Å². The normalized spacial score (nSPS) is 9.72. The Morgan fingerprint density at radius 2 is 2.11 bits per heavy atom. The smallest absolute Gasteiger partial charge is 0.131 e. The van der Waals surface area contributed by atoms with Gasteiger partial charge in [0, 0.05) is 17.5 Å². The molecule has 0 amide bonds. The molecule has 2 aromatic rings. The number of hydrogen-bond acceptors (Lipinski definition) is 6. The monoisotopic (exact) mass is 259 g/mol. The largest absolute Gasteiger partial charge is 0.369 e. The third-order valence-electron chi connectivity index (χ3n) is 2.23. The molecule has 2 rings (SSSR count). The second-order valence-electron chi connectivity index (χ2n) is 3.56. The van der Waals surface area contributed by atoms with E-state index in [4.69, 9.17) is 5.26 Å². The van der Waals surface area contributed by atoms with Gasteiger partial charge in [-0.2, -0.15) is 5.26 Å². The number of nitrogens with zero attached hydrogens (tertiary/aromatic N) is 3. The van der Waals surface area contributed by atoms with E-state index in [-0.39, 0.29) is 0 Å². The molecule has 0 aromatic carbocycles. The molecule has 6 heteroatoms. The van der Waals surface area contributed by atoms with Gasteiger partial charge >= 0.3 is 0 Å². The van der Waals surface area contributed by atoms with Crippen molar-refractivity contribution < 1.29 is 0 Å². The van der Waals surface area contributed by atoms with E-state index < -0.39 is 0 Å². The minimum absolute atomic E-state index is 0.460. The predicted octanol–water partition coefficient (Wildman–Crippen LogP) is 2.48. The van der Waals surface area contributed by atoms with Crippen LogP contribution in [-0.4, -0.2) is 16.5 Å². The van der Waals surface area contributed by atoms with Crippen molar-refractivity contribution in [3.63, 3.8) is 0 Å². The second kappa shape index (κ2) is 6.57. The molecule has 0 saturated heterocycles. The maximum Gasteiger partial charge on any atom is 0.131 e. The van der Waals surface area contributed by atoms with Gasteiger partial charge in [-0.3, -0.25) is 0 Å². The molecule has 0 spiro atoms. The summed E-state index contributed by atoms with van der Waals surface area (Å²) in [5, 5.41) is 16.8. The number of nitrogens with one attached hydrogen (secondary N) is 2. The fourth-order valence-corrected chi connectivity index (χ4v) is 2.03. The van der Waals surface area contributed by atoms with Crippen molar-refractivity contribution in [1.82, 2.24) is 9.97 Å². The second-order valence-corrected chi connectivity index (χ2v) is 4.59. The van der Waals surface area contributed by atoms with E-state index in [9.17, 15) is 0 Å². The van der Waals surface area contributed by atoms with Crippen LogP contribution in [0.15, 0.2) is 29.9 Å². The van der Waals surface area contributed by atoms with Crippen LogP contribution >= 0.6 is 11.3 Å². The standard InChI is InChI=1S/C12H13N5S/c13-4-2-5-14-11-7-12(17-9-16-11)15-8-10-3-1-6-18-10/h1,3,6-7,9H,2,5,8H2,(H2,14,15,16,17). The SMILES string of the molecule is N#CCCNc1cc(NCc2cccs2)ncn1. The van der Waals surface area contributed by atoms with Crippen molar-refractivity contribution >= 4 is 23.0 Å². The van der Waals surface area contributed by atoms with Crippen LogP contribution in [0.4, 0.5) is 11.6 Å². The molecule has 0 saturated carbocycles. The highest BCUT2D eigenvalue weighted by Gasteiger charge is 1.99. The van der Waals surface area contributed by atoms with Crippen molar-refractivity contribution in [1.29, 1.82) is 5.26 Å². The average molecular weight is 259 g/mol. The lowest BCUT2D eigenvalue weighted by Crippen LogP contribution is -2.05. The number of anilines is 2. The van der Waals surface area contributed by atoms with Gasteiger partial charge in [0.1, 0.15) is 18.0 Å². The molecule has 0 aliphatic heterocycles. The topological polar surface area (TPSA) is 73.6 Å². The van der Waals surface area contributed by atoms with Gasteiger partial charge in [-0.1, -0.05) is 6.07 Å². The molecular weight excluding hydrogens is 246 g/mol. The molecule has 2 aromatic heterocycles. The first kappa shape index (κ1) is 12.3. The minimum atomic E-state index is 0.460. The van der Waals surface area contributed by atoms with Crippen LogP contribution in [0.3, 0.4) is 0 Å². The molecule has 18 heavy (non-hydrogen) atoms. The Labute approximate surface area is 110 Å². The van der Waals surface area contributed by atoms with Crippen LogP contribution in [0, 0.1) is 11.3 Å². The van der Waals surface area contributed by atoms with Crippen molar-refractivity contribution in [2.24, 2.45) is 0 Å². The molecule has 0 aliphatic carbocycles. The van der Waals surface area contributed by atoms with E-state index in [1.807, 2.05) is 17.5 Å². The lowest BCUT2D eigenvalue weighted by molar-refractivity contribution is 1.03. The fourth-order valence-electron chi connectivity index (χ4n) is 1.39. The van der Waals surface area contributed by atoms with E-state index in [0.29, 0.717) is 13.0 Å². The Hall–Kier alpha value is -2.13. The average Bonchev–Trinajstić information content (AvgIpc) is 2.90. The van der Waals surface area contributed by atoms with Crippen LogP contribution in [0.25, 0.3) is 0 Å². The van der Waals surface area contributed by atoms with Gasteiger partial charge in [-0.05, 0) is 11.4 Å². The summed E-state index contributed by atoms with van der Waals surface area (Å²) in [5.41, 5.74) is 0. The summed E-state index contributed by atoms with van der Waals surface area (Å²) in [6, 6.07) is 8.01. The van der Waals surface area contributed by atoms with E-state index in [1.165, 1.54) is 11.2 Å². The van der Waals surface area contributed by atoms with Crippen LogP contribution in [0.2, 0.25) is 0 Å². The zero-order valence-electron chi connectivity index (χ0n) is 9.76. The summed E-state index contributed by atoms with van der Waals surface area (Å²) in [7, 11) is 0. The zero-order chi connectivity index (χ0) is 12.6. The Kier molecular flexibility index (Phi) is 4.50. The molecule has 2 N–H and O–H groups in total. The number of hydrogen-bond donors (Lipinski definition) is 2. The van der Waals surface area contributed by atoms with E-state index >= 15 is 0 Å². The quantitative estimate of drug-likeness (QED) is 0.780. The van der Waals surface area contributed by atoms with Crippen molar-refractivity contribution in [3.05, 3.63) is 34.8 Å². The molecule has 92 valence electrons. The minimum Gasteiger partial charge on any atom is -0.369 e. The Morgan fingerprint density at radius 3 is 2.83 bits per heavy atom. The molecule has 5 nitrogen and oxygen atoms in total. The molecule has 0 atom stereocenters. The lowest BCUT2D eigenvalue weighted by Gasteiger charge is -2.06. The van der Waals surface area contributed by atoms with E-state index in [2.05, 4.69) is 32.7 Å². The summed E-state index contributed by atoms with van der Waals surface area (Å²) >= 11 is 1.71. The highest BCUT2D eigenvalue weighted by Crippen LogP contribution is 2.13. The number of aromatic nitrogens is 2. The predicted molar refractivity (Wildman–Crippen MR) is 72.4 cm³/mol. The highest BCUT2D eigenvalue weighted by molar-refractivity contribution is 7.09. The van der Waals surface area contributed by atoms with Gasteiger partial charge in [-0.25, -0.2) is 9.97 Å². The maximum absolute atomic E-state index is 8.45. The van der Waals surface area contributed by atoms with Crippen LogP contribution in [0.1, 0.15) is 11.3 Å². The van der Waals surface area contributed by atoms with Crippen LogP contribution in [0.5, 0.6) is 0 Å².